The van der Waals surface area contributed by atoms with Gasteiger partial charge in [0.2, 0.25) is 5.91 Å². The van der Waals surface area contributed by atoms with Crippen molar-refractivity contribution in [3.8, 4) is 0 Å². The second-order valence-electron chi connectivity index (χ2n) is 6.49. The fourth-order valence-electron chi connectivity index (χ4n) is 3.67. The molecule has 5 heteroatoms. The second kappa shape index (κ2) is 6.32. The van der Waals surface area contributed by atoms with Gasteiger partial charge in [-0.1, -0.05) is 12.1 Å². The summed E-state index contributed by atoms with van der Waals surface area (Å²) in [5.74, 6) is 1.11. The number of imidazole rings is 1. The van der Waals surface area contributed by atoms with Crippen LogP contribution in [0.15, 0.2) is 24.3 Å². The number of benzene rings is 1. The van der Waals surface area contributed by atoms with Gasteiger partial charge in [-0.2, -0.15) is 0 Å². The minimum atomic E-state index is 0.0246. The first-order valence-corrected chi connectivity index (χ1v) is 8.67. The lowest BCUT2D eigenvalue weighted by Gasteiger charge is -2.27. The highest BCUT2D eigenvalue weighted by Crippen LogP contribution is 2.30. The summed E-state index contributed by atoms with van der Waals surface area (Å²) in [6, 6.07) is 8.05. The first kappa shape index (κ1) is 14.7. The molecule has 3 heterocycles. The summed E-state index contributed by atoms with van der Waals surface area (Å²) in [6.45, 7) is 2.94. The minimum Gasteiger partial charge on any atom is -0.370 e. The number of likely N-dealkylation sites (tertiary alicyclic amines) is 1. The number of carbonyl (C=O) groups is 1. The van der Waals surface area contributed by atoms with E-state index in [2.05, 4.69) is 4.57 Å². The van der Waals surface area contributed by atoms with Crippen LogP contribution in [-0.2, 0) is 16.1 Å². The van der Waals surface area contributed by atoms with Gasteiger partial charge in [0.15, 0.2) is 0 Å². The lowest BCUT2D eigenvalue weighted by molar-refractivity contribution is -0.132. The third-order valence-corrected chi connectivity index (χ3v) is 4.90. The predicted octanol–water partition coefficient (Wildman–Crippen LogP) is 2.90. The summed E-state index contributed by atoms with van der Waals surface area (Å²) in [4.78, 5) is 19.5. The quantitative estimate of drug-likeness (QED) is 0.875. The Labute approximate surface area is 136 Å². The summed E-state index contributed by atoms with van der Waals surface area (Å²) < 4.78 is 7.90. The van der Waals surface area contributed by atoms with Crippen LogP contribution < -0.4 is 0 Å². The van der Waals surface area contributed by atoms with Gasteiger partial charge in [0.05, 0.1) is 11.0 Å². The molecule has 23 heavy (non-hydrogen) atoms. The highest BCUT2D eigenvalue weighted by molar-refractivity contribution is 5.81. The first-order chi connectivity index (χ1) is 11.3. The molecule has 122 valence electrons. The van der Waals surface area contributed by atoms with Crippen LogP contribution in [0.5, 0.6) is 0 Å². The van der Waals surface area contributed by atoms with Crippen LogP contribution in [0.25, 0.3) is 11.0 Å². The van der Waals surface area contributed by atoms with Gasteiger partial charge in [0.25, 0.3) is 0 Å². The maximum Gasteiger partial charge on any atom is 0.242 e. The van der Waals surface area contributed by atoms with Gasteiger partial charge in [-0.15, -0.1) is 0 Å². The Kier molecular flexibility index (Phi) is 4.04. The normalized spacial score (nSPS) is 21.9. The minimum absolute atomic E-state index is 0.0246. The zero-order valence-corrected chi connectivity index (χ0v) is 13.4. The molecule has 0 N–H and O–H groups in total. The second-order valence-corrected chi connectivity index (χ2v) is 6.49. The highest BCUT2D eigenvalue weighted by atomic mass is 16.5. The molecule has 0 saturated carbocycles. The van der Waals surface area contributed by atoms with E-state index in [0.29, 0.717) is 6.54 Å². The number of hydrogen-bond donors (Lipinski definition) is 0. The maximum absolute atomic E-state index is 12.7. The van der Waals surface area contributed by atoms with Gasteiger partial charge in [-0.25, -0.2) is 4.98 Å². The molecule has 1 unspecified atom stereocenters. The maximum atomic E-state index is 12.7. The Morgan fingerprint density at radius 3 is 2.78 bits per heavy atom. The van der Waals surface area contributed by atoms with Crippen LogP contribution in [-0.4, -0.2) is 40.1 Å². The third-order valence-electron chi connectivity index (χ3n) is 4.90. The topological polar surface area (TPSA) is 47.4 Å². The molecule has 1 aromatic carbocycles. The van der Waals surface area contributed by atoms with Crippen LogP contribution in [0.2, 0.25) is 0 Å². The number of amides is 1. The Hall–Kier alpha value is -1.88. The smallest absolute Gasteiger partial charge is 0.242 e. The average molecular weight is 313 g/mol. The molecule has 2 fully saturated rings. The van der Waals surface area contributed by atoms with Crippen LogP contribution in [0.3, 0.4) is 0 Å². The summed E-state index contributed by atoms with van der Waals surface area (Å²) in [5, 5.41) is 0. The van der Waals surface area contributed by atoms with E-state index in [4.69, 9.17) is 9.72 Å². The number of para-hydroxylation sites is 2. The van der Waals surface area contributed by atoms with E-state index in [1.807, 2.05) is 29.2 Å². The van der Waals surface area contributed by atoms with Gasteiger partial charge in [-0.05, 0) is 44.2 Å². The third kappa shape index (κ3) is 2.85. The number of fused-ring (bicyclic) bond motifs is 1. The molecule has 0 radical (unpaired) electrons. The lowest BCUT2D eigenvalue weighted by Crippen LogP contribution is -2.38. The molecule has 5 nitrogen and oxygen atoms in total. The number of rotatable bonds is 3. The molecular formula is C18H23N3O2. The molecule has 4 rings (SSSR count). The molecule has 2 aromatic rings. The summed E-state index contributed by atoms with van der Waals surface area (Å²) in [7, 11) is 0. The van der Waals surface area contributed by atoms with Gasteiger partial charge >= 0.3 is 0 Å². The summed E-state index contributed by atoms with van der Waals surface area (Å²) >= 11 is 0. The number of hydrogen-bond acceptors (Lipinski definition) is 3. The van der Waals surface area contributed by atoms with Gasteiger partial charge < -0.3 is 14.2 Å². The average Bonchev–Trinajstić information content (AvgIpc) is 3.24. The van der Waals surface area contributed by atoms with Crippen molar-refractivity contribution in [2.75, 3.05) is 19.7 Å². The lowest BCUT2D eigenvalue weighted by atomic mass is 10.1. The fraction of sp³-hybridized carbons (Fsp3) is 0.556. The van der Waals surface area contributed by atoms with E-state index in [0.717, 1.165) is 62.2 Å². The molecular weight excluding hydrogens is 290 g/mol. The Morgan fingerprint density at radius 2 is 2.00 bits per heavy atom. The number of carbonyl (C=O) groups excluding carboxylic acids is 1. The monoisotopic (exact) mass is 313 g/mol. The zero-order valence-electron chi connectivity index (χ0n) is 13.4. The van der Waals surface area contributed by atoms with Crippen molar-refractivity contribution in [2.45, 2.75) is 44.8 Å². The SMILES string of the molecule is O=C(Cn1c(C2CCCO2)nc2ccccc21)N1CCCCC1. The van der Waals surface area contributed by atoms with Crippen LogP contribution >= 0.6 is 0 Å². The molecule has 1 aromatic heterocycles. The molecule has 0 aliphatic carbocycles. The van der Waals surface area contributed by atoms with Crippen molar-refractivity contribution < 1.29 is 9.53 Å². The number of nitrogens with zero attached hydrogens (tertiary/aromatic N) is 3. The summed E-state index contributed by atoms with van der Waals surface area (Å²) in [6.07, 6.45) is 5.55. The predicted molar refractivity (Wildman–Crippen MR) is 88.1 cm³/mol. The van der Waals surface area contributed by atoms with E-state index in [-0.39, 0.29) is 12.0 Å². The number of ether oxygens (including phenoxy) is 1. The molecule has 2 saturated heterocycles. The highest BCUT2D eigenvalue weighted by Gasteiger charge is 2.26. The van der Waals surface area contributed by atoms with E-state index in [1.54, 1.807) is 0 Å². The molecule has 1 amide bonds. The van der Waals surface area contributed by atoms with Gasteiger partial charge in [0.1, 0.15) is 18.5 Å². The van der Waals surface area contributed by atoms with E-state index in [9.17, 15) is 4.79 Å². The molecule has 2 aliphatic rings. The first-order valence-electron chi connectivity index (χ1n) is 8.67. The van der Waals surface area contributed by atoms with Crippen molar-refractivity contribution in [1.82, 2.24) is 14.5 Å². The Bertz CT molecular complexity index is 697. The number of piperidine rings is 1. The van der Waals surface area contributed by atoms with Crippen molar-refractivity contribution in [2.24, 2.45) is 0 Å². The number of aromatic nitrogens is 2. The van der Waals surface area contributed by atoms with Crippen molar-refractivity contribution in [1.29, 1.82) is 0 Å². The largest absolute Gasteiger partial charge is 0.370 e. The zero-order chi connectivity index (χ0) is 15.6. The van der Waals surface area contributed by atoms with Gasteiger partial charge in [0, 0.05) is 19.7 Å². The molecule has 2 aliphatic heterocycles. The molecule has 1 atom stereocenters. The van der Waals surface area contributed by atoms with Crippen LogP contribution in [0.1, 0.15) is 44.0 Å². The van der Waals surface area contributed by atoms with Crippen LogP contribution in [0.4, 0.5) is 0 Å². The van der Waals surface area contributed by atoms with Crippen molar-refractivity contribution in [3.63, 3.8) is 0 Å². The van der Waals surface area contributed by atoms with Crippen LogP contribution in [0, 0.1) is 0 Å². The Morgan fingerprint density at radius 1 is 1.17 bits per heavy atom. The van der Waals surface area contributed by atoms with E-state index in [1.165, 1.54) is 6.42 Å². The Balaban J connectivity index is 1.66. The standard InChI is InChI=1S/C18H23N3O2/c22-17(20-10-4-1-5-11-20)13-21-15-8-3-2-7-14(15)19-18(21)16-9-6-12-23-16/h2-3,7-8,16H,1,4-6,9-13H2. The summed E-state index contributed by atoms with van der Waals surface area (Å²) in [5.41, 5.74) is 1.98. The molecule has 0 spiro atoms. The fourth-order valence-corrected chi connectivity index (χ4v) is 3.67. The van der Waals surface area contributed by atoms with Gasteiger partial charge in [-0.3, -0.25) is 4.79 Å². The van der Waals surface area contributed by atoms with E-state index >= 15 is 0 Å². The van der Waals surface area contributed by atoms with E-state index < -0.39 is 0 Å². The van der Waals surface area contributed by atoms with Crippen molar-refractivity contribution in [3.05, 3.63) is 30.1 Å². The van der Waals surface area contributed by atoms with Crippen molar-refractivity contribution >= 4 is 16.9 Å². The molecule has 0 bridgehead atoms.